The number of amides is 2. The molecule has 5 rings (SSSR count). The van der Waals surface area contributed by atoms with Crippen LogP contribution in [0.1, 0.15) is 51.0 Å². The fourth-order valence-electron chi connectivity index (χ4n) is 4.14. The number of alkyl carbamates (subject to hydrolysis) is 1. The summed E-state index contributed by atoms with van der Waals surface area (Å²) >= 11 is 0. The maximum Gasteiger partial charge on any atom is 0.408 e. The van der Waals surface area contributed by atoms with E-state index in [0.29, 0.717) is 17.1 Å². The van der Waals surface area contributed by atoms with Gasteiger partial charge < -0.3 is 24.6 Å². The fraction of sp³-hybridized carbons (Fsp3) is 0.357. The predicted molar refractivity (Wildman–Crippen MR) is 141 cm³/mol. The topological polar surface area (TPSA) is 120 Å². The van der Waals surface area contributed by atoms with Gasteiger partial charge in [0.05, 0.1) is 17.1 Å². The summed E-state index contributed by atoms with van der Waals surface area (Å²) in [4.78, 5) is 24.6. The predicted octanol–water partition coefficient (Wildman–Crippen LogP) is 5.43. The van der Waals surface area contributed by atoms with Gasteiger partial charge in [-0.15, -0.1) is 0 Å². The molecule has 10 nitrogen and oxygen atoms in total. The quantitative estimate of drug-likeness (QED) is 0.309. The third kappa shape index (κ3) is 6.19. The molecule has 1 fully saturated rings. The molecular weight excluding hydrogens is 505 g/mol. The average Bonchev–Trinajstić information content (AvgIpc) is 3.55. The van der Waals surface area contributed by atoms with Crippen LogP contribution in [0.15, 0.2) is 53.2 Å². The first-order valence-corrected chi connectivity index (χ1v) is 12.7. The van der Waals surface area contributed by atoms with Gasteiger partial charge in [-0.05, 0) is 69.5 Å². The minimum atomic E-state index is -0.860. The summed E-state index contributed by atoms with van der Waals surface area (Å²) < 4.78 is 33.1. The van der Waals surface area contributed by atoms with Crippen LogP contribution in [-0.4, -0.2) is 39.0 Å². The number of halogens is 1. The maximum absolute atomic E-state index is 14.7. The monoisotopic (exact) mass is 535 g/mol. The Hall–Kier alpha value is -4.41. The number of nitrogens with one attached hydrogen (secondary N) is 2. The molecule has 0 unspecified atom stereocenters. The number of carbonyl (C=O) groups is 2. The van der Waals surface area contributed by atoms with E-state index in [2.05, 4.69) is 20.9 Å². The van der Waals surface area contributed by atoms with Crippen molar-refractivity contribution in [1.29, 1.82) is 0 Å². The second-order valence-electron chi connectivity index (χ2n) is 10.5. The minimum Gasteiger partial charge on any atom is -0.472 e. The molecule has 1 atom stereocenters. The Balaban J connectivity index is 1.37. The van der Waals surface area contributed by atoms with Crippen molar-refractivity contribution in [1.82, 2.24) is 20.1 Å². The van der Waals surface area contributed by atoms with Crippen LogP contribution in [0.5, 0.6) is 5.88 Å². The van der Waals surface area contributed by atoms with Gasteiger partial charge in [-0.25, -0.2) is 13.7 Å². The Morgan fingerprint density at radius 1 is 1.21 bits per heavy atom. The third-order valence-corrected chi connectivity index (χ3v) is 6.14. The summed E-state index contributed by atoms with van der Waals surface area (Å²) in [6.07, 6.45) is 2.88. The van der Waals surface area contributed by atoms with Crippen molar-refractivity contribution in [3.63, 3.8) is 0 Å². The molecule has 0 saturated heterocycles. The zero-order valence-electron chi connectivity index (χ0n) is 22.2. The van der Waals surface area contributed by atoms with Crippen molar-refractivity contribution < 1.29 is 28.0 Å². The van der Waals surface area contributed by atoms with Crippen molar-refractivity contribution in [3.05, 3.63) is 65.8 Å². The van der Waals surface area contributed by atoms with Crippen LogP contribution in [-0.2, 0) is 9.53 Å². The number of carbonyl (C=O) groups excluding carboxylic acids is 2. The van der Waals surface area contributed by atoms with E-state index in [-0.39, 0.29) is 29.9 Å². The van der Waals surface area contributed by atoms with Crippen LogP contribution in [0, 0.1) is 18.7 Å². The van der Waals surface area contributed by atoms with E-state index < -0.39 is 23.6 Å². The molecule has 0 bridgehead atoms. The summed E-state index contributed by atoms with van der Waals surface area (Å²) in [5.41, 5.74) is 1.62. The lowest BCUT2D eigenvalue weighted by molar-refractivity contribution is -0.117. The van der Waals surface area contributed by atoms with Crippen molar-refractivity contribution in [2.75, 3.05) is 11.9 Å². The fourth-order valence-corrected chi connectivity index (χ4v) is 4.14. The molecule has 11 heteroatoms. The Kier molecular flexibility index (Phi) is 6.98. The molecule has 2 N–H and O–H groups in total. The molecule has 4 aromatic rings. The number of hydrogen-bond acceptors (Lipinski definition) is 7. The van der Waals surface area contributed by atoms with Crippen molar-refractivity contribution in [2.24, 2.45) is 5.92 Å². The summed E-state index contributed by atoms with van der Waals surface area (Å²) in [7, 11) is 0. The van der Waals surface area contributed by atoms with Crippen LogP contribution in [0.2, 0.25) is 0 Å². The van der Waals surface area contributed by atoms with Crippen molar-refractivity contribution in [2.45, 2.75) is 52.2 Å². The molecule has 1 aliphatic carbocycles. The highest BCUT2D eigenvalue weighted by molar-refractivity contribution is 5.93. The number of aryl methyl sites for hydroxylation is 1. The zero-order valence-corrected chi connectivity index (χ0v) is 22.2. The summed E-state index contributed by atoms with van der Waals surface area (Å²) in [5, 5.41) is 14.0. The number of fused-ring (bicyclic) bond motifs is 1. The van der Waals surface area contributed by atoms with E-state index in [1.54, 1.807) is 62.7 Å². The van der Waals surface area contributed by atoms with Gasteiger partial charge in [0, 0.05) is 23.7 Å². The van der Waals surface area contributed by atoms with E-state index >= 15 is 0 Å². The first-order valence-electron chi connectivity index (χ1n) is 12.7. The molecule has 1 saturated carbocycles. The number of ether oxygens (including phenoxy) is 2. The maximum atomic E-state index is 14.7. The normalized spacial score (nSPS) is 14.2. The molecule has 1 aliphatic rings. The molecule has 0 radical (unpaired) electrons. The summed E-state index contributed by atoms with van der Waals surface area (Å²) in [6.45, 7) is 6.85. The molecule has 1 aromatic carbocycles. The molecule has 2 amide bonds. The number of rotatable bonds is 8. The van der Waals surface area contributed by atoms with Crippen molar-refractivity contribution >= 4 is 23.3 Å². The van der Waals surface area contributed by atoms with Crippen LogP contribution >= 0.6 is 0 Å². The first kappa shape index (κ1) is 26.2. The van der Waals surface area contributed by atoms with Gasteiger partial charge in [-0.3, -0.25) is 4.79 Å². The molecule has 3 heterocycles. The number of aromatic nitrogens is 3. The molecule has 0 aliphatic heterocycles. The lowest BCUT2D eigenvalue weighted by atomic mass is 10.1. The van der Waals surface area contributed by atoms with Crippen LogP contribution < -0.4 is 15.4 Å². The van der Waals surface area contributed by atoms with Gasteiger partial charge in [0.15, 0.2) is 5.82 Å². The summed E-state index contributed by atoms with van der Waals surface area (Å²) in [6, 6.07) is 10.8. The third-order valence-electron chi connectivity index (χ3n) is 6.14. The zero-order chi connectivity index (χ0) is 27.7. The van der Waals surface area contributed by atoms with E-state index in [0.717, 1.165) is 23.9 Å². The number of benzene rings is 1. The SMILES string of the molecule is Cc1onc(OC[C@H](NC(=O)OC(C)(C)C)c2ccccc2F)c1-c1ccn2nc(NC(=O)C3CC3)cc2c1. The van der Waals surface area contributed by atoms with Crippen molar-refractivity contribution in [3.8, 4) is 17.0 Å². The Labute approximate surface area is 224 Å². The van der Waals surface area contributed by atoms with Gasteiger partial charge >= 0.3 is 6.09 Å². The van der Waals surface area contributed by atoms with Gasteiger partial charge in [-0.1, -0.05) is 18.2 Å². The Bertz CT molecular complexity index is 1520. The number of nitrogens with zero attached hydrogens (tertiary/aromatic N) is 3. The molecule has 0 spiro atoms. The molecular formula is C28H30FN5O5. The highest BCUT2D eigenvalue weighted by atomic mass is 19.1. The van der Waals surface area contributed by atoms with E-state index in [1.807, 2.05) is 12.1 Å². The lowest BCUT2D eigenvalue weighted by Crippen LogP contribution is -2.37. The minimum absolute atomic E-state index is 0.0198. The highest BCUT2D eigenvalue weighted by Gasteiger charge is 2.30. The van der Waals surface area contributed by atoms with Gasteiger partial charge in [0.1, 0.15) is 23.8 Å². The van der Waals surface area contributed by atoms with Crippen LogP contribution in [0.4, 0.5) is 15.0 Å². The van der Waals surface area contributed by atoms with Crippen LogP contribution in [0.3, 0.4) is 0 Å². The number of anilines is 1. The van der Waals surface area contributed by atoms with E-state index in [1.165, 1.54) is 6.07 Å². The number of hydrogen-bond donors (Lipinski definition) is 2. The first-order chi connectivity index (χ1) is 18.6. The standard InChI is InChI=1S/C28H30FN5O5/c1-16-24(18-11-12-34-19(13-18)14-23(32-34)31-25(35)17-9-10-17)26(33-39-16)37-15-22(20-7-5-6-8-21(20)29)30-27(36)38-28(2,3)4/h5-8,11-14,17,22H,9-10,15H2,1-4H3,(H,30,36)(H,31,32,35)/t22-/m0/s1. The highest BCUT2D eigenvalue weighted by Crippen LogP contribution is 2.35. The Morgan fingerprint density at radius 2 is 1.97 bits per heavy atom. The van der Waals surface area contributed by atoms with Gasteiger partial charge in [0.25, 0.3) is 5.88 Å². The van der Waals surface area contributed by atoms with Gasteiger partial charge in [-0.2, -0.15) is 5.10 Å². The largest absolute Gasteiger partial charge is 0.472 e. The second kappa shape index (κ2) is 10.4. The number of pyridine rings is 1. The second-order valence-corrected chi connectivity index (χ2v) is 10.5. The smallest absolute Gasteiger partial charge is 0.408 e. The summed E-state index contributed by atoms with van der Waals surface area (Å²) in [5.74, 6) is 0.735. The van der Waals surface area contributed by atoms with Gasteiger partial charge in [0.2, 0.25) is 5.91 Å². The van der Waals surface area contributed by atoms with Crippen LogP contribution in [0.25, 0.3) is 16.6 Å². The molecule has 3 aromatic heterocycles. The molecule has 204 valence electrons. The van der Waals surface area contributed by atoms with E-state index in [9.17, 15) is 14.0 Å². The molecule has 39 heavy (non-hydrogen) atoms. The average molecular weight is 536 g/mol. The Morgan fingerprint density at radius 3 is 2.69 bits per heavy atom. The lowest BCUT2D eigenvalue weighted by Gasteiger charge is -2.24. The van der Waals surface area contributed by atoms with E-state index in [4.69, 9.17) is 14.0 Å².